The highest BCUT2D eigenvalue weighted by molar-refractivity contribution is 7.14. The monoisotopic (exact) mass is 603 g/mol. The number of aromatic nitrogens is 7. The van der Waals surface area contributed by atoms with Gasteiger partial charge in [-0.25, -0.2) is 14.3 Å². The molecule has 7 rings (SSSR count). The third-order valence-corrected chi connectivity index (χ3v) is 9.06. The van der Waals surface area contributed by atoms with E-state index in [1.165, 1.54) is 11.9 Å². The molecule has 0 unspecified atom stereocenters. The average molecular weight is 605 g/mol. The standard InChI is InChI=1S/C29H20Cl3N7S/c30-20-8-6-18(7-9-20)26-22(15-38-17-33-16-34-38)25(37-39(26)24-11-10-21(31)14-23(24)32)27-35-36-28(40-27)29(12-13-29)19-4-2-1-3-5-19/h1-11,14,16-17H,12-13,15H2. The number of rotatable bonds is 7. The maximum Gasteiger partial charge on any atom is 0.168 e. The van der Waals surface area contributed by atoms with Gasteiger partial charge in [-0.3, -0.25) is 0 Å². The Morgan fingerprint density at radius 1 is 0.875 bits per heavy atom. The minimum Gasteiger partial charge on any atom is -0.248 e. The SMILES string of the molecule is Clc1ccc(-c2c(Cn3cncn3)c(-c3nnc(C4(c5ccccc5)CC4)s3)nn2-c2ccc(Cl)cc2Cl)cc1. The fourth-order valence-electron chi connectivity index (χ4n) is 5.00. The lowest BCUT2D eigenvalue weighted by atomic mass is 9.97. The zero-order valence-electron chi connectivity index (χ0n) is 20.9. The molecule has 0 amide bonds. The topological polar surface area (TPSA) is 74.3 Å². The van der Waals surface area contributed by atoms with Crippen molar-refractivity contribution in [1.82, 2.24) is 34.7 Å². The van der Waals surface area contributed by atoms with E-state index >= 15 is 0 Å². The molecule has 3 aromatic carbocycles. The van der Waals surface area contributed by atoms with Gasteiger partial charge in [-0.1, -0.05) is 88.6 Å². The molecule has 0 spiro atoms. The summed E-state index contributed by atoms with van der Waals surface area (Å²) in [5.74, 6) is 0. The van der Waals surface area contributed by atoms with E-state index in [0.29, 0.717) is 33.0 Å². The molecule has 6 aromatic rings. The first-order valence-electron chi connectivity index (χ1n) is 12.6. The average Bonchev–Trinajstić information content (AvgIpc) is 3.28. The van der Waals surface area contributed by atoms with Crippen LogP contribution in [0, 0.1) is 0 Å². The van der Waals surface area contributed by atoms with Crippen molar-refractivity contribution < 1.29 is 0 Å². The summed E-state index contributed by atoms with van der Waals surface area (Å²) in [5, 5.41) is 22.2. The molecule has 1 aliphatic carbocycles. The van der Waals surface area contributed by atoms with Crippen LogP contribution in [0.5, 0.6) is 0 Å². The molecule has 0 radical (unpaired) electrons. The van der Waals surface area contributed by atoms with Gasteiger partial charge in [0.2, 0.25) is 0 Å². The van der Waals surface area contributed by atoms with Gasteiger partial charge in [-0.05, 0) is 48.7 Å². The van der Waals surface area contributed by atoms with Crippen LogP contribution in [0.2, 0.25) is 15.1 Å². The lowest BCUT2D eigenvalue weighted by Crippen LogP contribution is -2.07. The molecular formula is C29H20Cl3N7S. The van der Waals surface area contributed by atoms with Crippen LogP contribution in [0.3, 0.4) is 0 Å². The van der Waals surface area contributed by atoms with Gasteiger partial charge in [0.15, 0.2) is 5.01 Å². The summed E-state index contributed by atoms with van der Waals surface area (Å²) < 4.78 is 3.61. The van der Waals surface area contributed by atoms with Crippen molar-refractivity contribution in [2.24, 2.45) is 0 Å². The summed E-state index contributed by atoms with van der Waals surface area (Å²) in [6, 6.07) is 23.5. The Morgan fingerprint density at radius 2 is 1.65 bits per heavy atom. The quantitative estimate of drug-likeness (QED) is 0.186. The van der Waals surface area contributed by atoms with Gasteiger partial charge < -0.3 is 0 Å². The zero-order chi connectivity index (χ0) is 27.3. The Morgan fingerprint density at radius 3 is 2.35 bits per heavy atom. The second-order valence-electron chi connectivity index (χ2n) is 9.64. The third-order valence-electron chi connectivity index (χ3n) is 7.14. The van der Waals surface area contributed by atoms with E-state index in [-0.39, 0.29) is 5.41 Å². The van der Waals surface area contributed by atoms with Crippen LogP contribution < -0.4 is 0 Å². The third kappa shape index (κ3) is 4.51. The van der Waals surface area contributed by atoms with Crippen molar-refractivity contribution in [3.63, 3.8) is 0 Å². The van der Waals surface area contributed by atoms with Gasteiger partial charge in [-0.2, -0.15) is 10.2 Å². The van der Waals surface area contributed by atoms with Crippen LogP contribution in [-0.4, -0.2) is 34.7 Å². The molecule has 3 aromatic heterocycles. The maximum atomic E-state index is 6.72. The summed E-state index contributed by atoms with van der Waals surface area (Å²) >= 11 is 20.8. The maximum absolute atomic E-state index is 6.72. The number of nitrogens with zero attached hydrogens (tertiary/aromatic N) is 7. The molecule has 0 saturated heterocycles. The Hall–Kier alpha value is -3.56. The summed E-state index contributed by atoms with van der Waals surface area (Å²) in [6.45, 7) is 0.414. The van der Waals surface area contributed by atoms with Gasteiger partial charge >= 0.3 is 0 Å². The van der Waals surface area contributed by atoms with Crippen LogP contribution in [0.25, 0.3) is 27.6 Å². The van der Waals surface area contributed by atoms with E-state index in [1.54, 1.807) is 34.5 Å². The minimum absolute atomic E-state index is 0.0930. The molecular weight excluding hydrogens is 585 g/mol. The molecule has 11 heteroatoms. The molecule has 7 nitrogen and oxygen atoms in total. The first-order valence-corrected chi connectivity index (χ1v) is 14.5. The molecule has 40 heavy (non-hydrogen) atoms. The summed E-state index contributed by atoms with van der Waals surface area (Å²) in [6.07, 6.45) is 5.29. The van der Waals surface area contributed by atoms with Crippen molar-refractivity contribution in [2.45, 2.75) is 24.8 Å². The Bertz CT molecular complexity index is 1810. The van der Waals surface area contributed by atoms with E-state index in [2.05, 4.69) is 44.5 Å². The van der Waals surface area contributed by atoms with Gasteiger partial charge in [-0.15, -0.1) is 10.2 Å². The minimum atomic E-state index is -0.0930. The van der Waals surface area contributed by atoms with E-state index < -0.39 is 0 Å². The number of hydrogen-bond donors (Lipinski definition) is 0. The van der Waals surface area contributed by atoms with Gasteiger partial charge in [0.25, 0.3) is 0 Å². The normalized spacial score (nSPS) is 14.0. The predicted octanol–water partition coefficient (Wildman–Crippen LogP) is 7.74. The summed E-state index contributed by atoms with van der Waals surface area (Å²) in [5.41, 5.74) is 5.23. The van der Waals surface area contributed by atoms with Crippen molar-refractivity contribution in [3.05, 3.63) is 117 Å². The lowest BCUT2D eigenvalue weighted by molar-refractivity contribution is 0.686. The molecule has 0 N–H and O–H groups in total. The zero-order valence-corrected chi connectivity index (χ0v) is 24.0. The van der Waals surface area contributed by atoms with Crippen molar-refractivity contribution in [3.8, 4) is 27.6 Å². The fraction of sp³-hybridized carbons (Fsp3) is 0.138. The highest BCUT2D eigenvalue weighted by Gasteiger charge is 2.49. The predicted molar refractivity (Wildman–Crippen MR) is 159 cm³/mol. The highest BCUT2D eigenvalue weighted by Crippen LogP contribution is 2.55. The molecule has 1 saturated carbocycles. The van der Waals surface area contributed by atoms with Gasteiger partial charge in [0, 0.05) is 26.6 Å². The molecule has 0 bridgehead atoms. The Labute approximate surface area is 249 Å². The summed E-state index contributed by atoms with van der Waals surface area (Å²) in [7, 11) is 0. The van der Waals surface area contributed by atoms with E-state index in [1.807, 2.05) is 41.1 Å². The smallest absolute Gasteiger partial charge is 0.168 e. The Balaban J connectivity index is 1.44. The molecule has 1 fully saturated rings. The largest absolute Gasteiger partial charge is 0.248 e. The van der Waals surface area contributed by atoms with Crippen LogP contribution in [0.15, 0.2) is 85.5 Å². The first-order chi connectivity index (χ1) is 19.5. The van der Waals surface area contributed by atoms with Crippen molar-refractivity contribution in [1.29, 1.82) is 0 Å². The van der Waals surface area contributed by atoms with E-state index in [4.69, 9.17) is 39.9 Å². The summed E-state index contributed by atoms with van der Waals surface area (Å²) in [4.78, 5) is 4.15. The molecule has 0 atom stereocenters. The molecule has 3 heterocycles. The first kappa shape index (κ1) is 25.4. The van der Waals surface area contributed by atoms with Crippen LogP contribution in [-0.2, 0) is 12.0 Å². The Kier molecular flexibility index (Phi) is 6.43. The second kappa shape index (κ2) is 10.1. The number of halogens is 3. The number of hydrogen-bond acceptors (Lipinski definition) is 6. The van der Waals surface area contributed by atoms with Crippen LogP contribution in [0.4, 0.5) is 0 Å². The fourth-order valence-corrected chi connectivity index (χ4v) is 6.74. The molecule has 1 aliphatic rings. The van der Waals surface area contributed by atoms with E-state index in [0.717, 1.165) is 39.7 Å². The van der Waals surface area contributed by atoms with Crippen molar-refractivity contribution in [2.75, 3.05) is 0 Å². The van der Waals surface area contributed by atoms with Crippen LogP contribution >= 0.6 is 46.1 Å². The van der Waals surface area contributed by atoms with Crippen LogP contribution in [0.1, 0.15) is 29.0 Å². The van der Waals surface area contributed by atoms with Gasteiger partial charge in [0.1, 0.15) is 23.4 Å². The molecule has 0 aliphatic heterocycles. The molecule has 198 valence electrons. The number of benzene rings is 3. The van der Waals surface area contributed by atoms with Gasteiger partial charge in [0.05, 0.1) is 22.9 Å². The van der Waals surface area contributed by atoms with E-state index in [9.17, 15) is 0 Å². The second-order valence-corrected chi connectivity index (χ2v) is 11.9. The lowest BCUT2D eigenvalue weighted by Gasteiger charge is -2.12. The highest BCUT2D eigenvalue weighted by atomic mass is 35.5. The van der Waals surface area contributed by atoms with Crippen molar-refractivity contribution >= 4 is 46.1 Å².